The molecule has 2 aromatic heterocycles. The summed E-state index contributed by atoms with van der Waals surface area (Å²) in [6.45, 7) is 14.1. The average Bonchev–Trinajstić information content (AvgIpc) is 4.11. The van der Waals surface area contributed by atoms with Crippen molar-refractivity contribution in [3.8, 4) is 0 Å². The molecule has 2 aliphatic heterocycles. The second-order valence-corrected chi connectivity index (χ2v) is 15.7. The lowest BCUT2D eigenvalue weighted by Crippen LogP contribution is -2.56. The van der Waals surface area contributed by atoms with Gasteiger partial charge < -0.3 is 40.8 Å². The smallest absolute Gasteiger partial charge is 0.312 e. The van der Waals surface area contributed by atoms with Gasteiger partial charge in [0.2, 0.25) is 5.91 Å². The van der Waals surface area contributed by atoms with Crippen molar-refractivity contribution in [3.05, 3.63) is 35.0 Å². The van der Waals surface area contributed by atoms with Gasteiger partial charge in [0.1, 0.15) is 11.5 Å². The summed E-state index contributed by atoms with van der Waals surface area (Å²) in [4.78, 5) is 51.6. The molecule has 2 aromatic rings. The fourth-order valence-corrected chi connectivity index (χ4v) is 7.87. The van der Waals surface area contributed by atoms with Gasteiger partial charge >= 0.3 is 5.97 Å². The van der Waals surface area contributed by atoms with Crippen LogP contribution in [0.3, 0.4) is 0 Å². The molecule has 0 radical (unpaired) electrons. The monoisotopic (exact) mass is 774 g/mol. The minimum atomic E-state index is -0.400. The van der Waals surface area contributed by atoms with Crippen LogP contribution in [0.2, 0.25) is 0 Å². The highest BCUT2D eigenvalue weighted by atomic mass is 32.2. The molecule has 4 unspecified atom stereocenters. The van der Waals surface area contributed by atoms with Gasteiger partial charge in [-0.3, -0.25) is 19.2 Å². The first-order valence-corrected chi connectivity index (χ1v) is 20.8. The van der Waals surface area contributed by atoms with Crippen LogP contribution in [0.4, 0.5) is 0 Å². The second-order valence-electron chi connectivity index (χ2n) is 14.5. The largest absolute Gasteiger partial charge is 0.466 e. The molecule has 16 heteroatoms. The molecule has 2 saturated carbocycles. The number of esters is 1. The lowest BCUT2D eigenvalue weighted by atomic mass is 9.85. The maximum atomic E-state index is 12.6. The Morgan fingerprint density at radius 1 is 0.852 bits per heavy atom. The predicted octanol–water partition coefficient (Wildman–Crippen LogP) is 4.06. The molecule has 6 rings (SSSR count). The SMILES string of the molecule is CC.CC1CN(C(=O)CCCN)CC(C)C1NC(=O)c1cc(C2CC2)on1.CCOC(=O)C1CN(SCCCN)CCC1NC(=O)c1cc(C2CC2)on1. The Hall–Kier alpha value is -3.47. The molecule has 4 heterocycles. The fourth-order valence-electron chi connectivity index (χ4n) is 6.82. The van der Waals surface area contributed by atoms with Gasteiger partial charge in [0.15, 0.2) is 11.4 Å². The molecule has 4 fully saturated rings. The highest BCUT2D eigenvalue weighted by Gasteiger charge is 2.38. The van der Waals surface area contributed by atoms with E-state index in [1.54, 1.807) is 31.0 Å². The third-order valence-corrected chi connectivity index (χ3v) is 11.2. The van der Waals surface area contributed by atoms with Crippen LogP contribution in [0.1, 0.15) is 130 Å². The van der Waals surface area contributed by atoms with Crippen LogP contribution in [0.5, 0.6) is 0 Å². The summed E-state index contributed by atoms with van der Waals surface area (Å²) >= 11 is 1.70. The quantitative estimate of drug-likeness (QED) is 0.114. The number of carbonyl (C=O) groups is 4. The minimum Gasteiger partial charge on any atom is -0.466 e. The van der Waals surface area contributed by atoms with Gasteiger partial charge in [-0.25, -0.2) is 4.31 Å². The molecule has 2 aliphatic carbocycles. The van der Waals surface area contributed by atoms with Crippen LogP contribution in [-0.4, -0.2) is 107 Å². The number of ether oxygens (including phenoxy) is 1. The minimum absolute atomic E-state index is 0.0205. The molecular weight excluding hydrogens is 713 g/mol. The number of amides is 3. The van der Waals surface area contributed by atoms with Crippen molar-refractivity contribution < 1.29 is 33.0 Å². The van der Waals surface area contributed by atoms with E-state index in [9.17, 15) is 19.2 Å². The Morgan fingerprint density at radius 3 is 1.93 bits per heavy atom. The summed E-state index contributed by atoms with van der Waals surface area (Å²) in [5, 5.41) is 13.8. The lowest BCUT2D eigenvalue weighted by molar-refractivity contribution is -0.150. The Bertz CT molecular complexity index is 1480. The van der Waals surface area contributed by atoms with Crippen molar-refractivity contribution in [1.82, 2.24) is 30.2 Å². The first-order chi connectivity index (χ1) is 26.1. The van der Waals surface area contributed by atoms with Crippen LogP contribution < -0.4 is 22.1 Å². The number of carbonyl (C=O) groups excluding carboxylic acids is 4. The fraction of sp³-hybridized carbons (Fsp3) is 0.737. The van der Waals surface area contributed by atoms with Gasteiger partial charge in [-0.1, -0.05) is 50.0 Å². The number of nitrogens with two attached hydrogens (primary N) is 2. The van der Waals surface area contributed by atoms with E-state index in [0.717, 1.165) is 55.9 Å². The zero-order valence-corrected chi connectivity index (χ0v) is 33.5. The molecule has 6 N–H and O–H groups in total. The first kappa shape index (κ1) is 43.3. The molecule has 0 aromatic carbocycles. The van der Waals surface area contributed by atoms with E-state index in [1.165, 1.54) is 0 Å². The molecule has 4 aliphatic rings. The van der Waals surface area contributed by atoms with Gasteiger partial charge in [0, 0.05) is 74.4 Å². The molecule has 3 amide bonds. The van der Waals surface area contributed by atoms with Gasteiger partial charge in [-0.2, -0.15) is 0 Å². The third-order valence-electron chi connectivity index (χ3n) is 10.1. The Balaban J connectivity index is 0.000000231. The Kier molecular flexibility index (Phi) is 17.3. The molecule has 302 valence electrons. The number of hydrogen-bond donors (Lipinski definition) is 4. The number of nitrogens with one attached hydrogen (secondary N) is 2. The summed E-state index contributed by atoms with van der Waals surface area (Å²) in [5.74, 6) is 2.71. The van der Waals surface area contributed by atoms with E-state index < -0.39 is 5.92 Å². The van der Waals surface area contributed by atoms with E-state index >= 15 is 0 Å². The maximum Gasteiger partial charge on any atom is 0.312 e. The molecule has 0 spiro atoms. The van der Waals surface area contributed by atoms with Crippen molar-refractivity contribution in [2.75, 3.05) is 51.6 Å². The van der Waals surface area contributed by atoms with Crippen molar-refractivity contribution in [1.29, 1.82) is 0 Å². The van der Waals surface area contributed by atoms with Crippen LogP contribution in [-0.2, 0) is 14.3 Å². The van der Waals surface area contributed by atoms with Crippen LogP contribution in [0.25, 0.3) is 0 Å². The normalized spacial score (nSPS) is 24.0. The Morgan fingerprint density at radius 2 is 1.41 bits per heavy atom. The molecule has 0 bridgehead atoms. The van der Waals surface area contributed by atoms with E-state index in [-0.39, 0.29) is 53.3 Å². The highest BCUT2D eigenvalue weighted by molar-refractivity contribution is 7.97. The molecule has 2 saturated heterocycles. The number of hydrogen-bond acceptors (Lipinski definition) is 13. The zero-order chi connectivity index (χ0) is 39.2. The summed E-state index contributed by atoms with van der Waals surface area (Å²) in [7, 11) is 0. The average molecular weight is 775 g/mol. The summed E-state index contributed by atoms with van der Waals surface area (Å²) in [6.07, 6.45) is 7.22. The van der Waals surface area contributed by atoms with Crippen LogP contribution >= 0.6 is 11.9 Å². The molecule has 54 heavy (non-hydrogen) atoms. The molecule has 15 nitrogen and oxygen atoms in total. The van der Waals surface area contributed by atoms with Crippen molar-refractivity contribution >= 4 is 35.6 Å². The summed E-state index contributed by atoms with van der Waals surface area (Å²) < 4.78 is 17.9. The summed E-state index contributed by atoms with van der Waals surface area (Å²) in [5.41, 5.74) is 11.7. The van der Waals surface area contributed by atoms with Gasteiger partial charge in [0.05, 0.1) is 12.5 Å². The highest BCUT2D eigenvalue weighted by Crippen LogP contribution is 2.41. The van der Waals surface area contributed by atoms with E-state index in [2.05, 4.69) is 39.1 Å². The van der Waals surface area contributed by atoms with Crippen LogP contribution in [0.15, 0.2) is 21.2 Å². The van der Waals surface area contributed by atoms with E-state index in [1.807, 2.05) is 18.7 Å². The first-order valence-electron chi connectivity index (χ1n) is 19.9. The third kappa shape index (κ3) is 12.5. The van der Waals surface area contributed by atoms with Crippen LogP contribution in [0, 0.1) is 17.8 Å². The summed E-state index contributed by atoms with van der Waals surface area (Å²) in [6, 6.07) is 3.22. The Labute approximate surface area is 323 Å². The topological polar surface area (TPSA) is 212 Å². The van der Waals surface area contributed by atoms with Gasteiger partial charge in [-0.05, 0) is 76.8 Å². The number of nitrogens with zero attached hydrogens (tertiary/aromatic N) is 4. The maximum absolute atomic E-state index is 12.6. The van der Waals surface area contributed by atoms with Crippen molar-refractivity contribution in [2.24, 2.45) is 29.2 Å². The predicted molar refractivity (Wildman–Crippen MR) is 206 cm³/mol. The molecule has 4 atom stereocenters. The lowest BCUT2D eigenvalue weighted by Gasteiger charge is -2.41. The van der Waals surface area contributed by atoms with E-state index in [4.69, 9.17) is 25.3 Å². The van der Waals surface area contributed by atoms with Gasteiger partial charge in [-0.15, -0.1) is 0 Å². The zero-order valence-electron chi connectivity index (χ0n) is 32.7. The van der Waals surface area contributed by atoms with Gasteiger partial charge in [0.25, 0.3) is 11.8 Å². The second kappa shape index (κ2) is 21.6. The molecular formula is C38H62N8O7S. The number of aromatic nitrogens is 2. The van der Waals surface area contributed by atoms with Crippen molar-refractivity contribution in [2.45, 2.75) is 110 Å². The number of likely N-dealkylation sites (tertiary alicyclic amines) is 1. The number of piperidine rings is 2. The number of rotatable bonds is 15. The standard InChI is InChI=1S/C18H28N4O4S.C18H28N4O3.C2H6/c1-2-25-18(24)13-11-22(27-9-3-7-19)8-6-14(13)20-17(23)15-10-16(26-21-15)12-4-5-12;1-11-9-22(16(23)4-3-7-19)10-12(2)17(11)20-18(24)14-8-15(25-21-14)13-5-6-13;1-2/h10,12-14H,2-9,11,19H2,1H3,(H,20,23);8,11-13,17H,3-7,9-10,19H2,1-2H3,(H,20,24);1-2H3. The van der Waals surface area contributed by atoms with E-state index in [0.29, 0.717) is 76.1 Å². The van der Waals surface area contributed by atoms with Crippen molar-refractivity contribution in [3.63, 3.8) is 0 Å².